The van der Waals surface area contributed by atoms with Crippen molar-refractivity contribution in [3.63, 3.8) is 0 Å². The van der Waals surface area contributed by atoms with Gasteiger partial charge in [-0.3, -0.25) is 0 Å². The summed E-state index contributed by atoms with van der Waals surface area (Å²) in [6, 6.07) is 7.79. The SMILES string of the molecule is NC(N)c1ccccc1Cc1ncc2nc[nH]c2n1. The number of nitrogens with two attached hydrogens (primary N) is 2. The zero-order chi connectivity index (χ0) is 13.2. The van der Waals surface area contributed by atoms with Crippen molar-refractivity contribution >= 4 is 11.2 Å². The monoisotopic (exact) mass is 254 g/mol. The number of fused-ring (bicyclic) bond motifs is 1. The van der Waals surface area contributed by atoms with Gasteiger partial charge < -0.3 is 16.5 Å². The van der Waals surface area contributed by atoms with Crippen molar-refractivity contribution in [1.29, 1.82) is 0 Å². The van der Waals surface area contributed by atoms with Crippen LogP contribution in [-0.2, 0) is 6.42 Å². The Morgan fingerprint density at radius 1 is 1.16 bits per heavy atom. The molecule has 2 aromatic heterocycles. The highest BCUT2D eigenvalue weighted by Gasteiger charge is 2.09. The molecule has 0 fully saturated rings. The number of nitrogens with zero attached hydrogens (tertiary/aromatic N) is 3. The molecule has 2 heterocycles. The summed E-state index contributed by atoms with van der Waals surface area (Å²) in [7, 11) is 0. The fraction of sp³-hybridized carbons (Fsp3) is 0.154. The molecule has 1 aromatic carbocycles. The maximum atomic E-state index is 5.76. The van der Waals surface area contributed by atoms with E-state index >= 15 is 0 Å². The van der Waals surface area contributed by atoms with Crippen LogP contribution in [0.1, 0.15) is 23.1 Å². The normalized spacial score (nSPS) is 11.3. The Morgan fingerprint density at radius 3 is 2.84 bits per heavy atom. The summed E-state index contributed by atoms with van der Waals surface area (Å²) < 4.78 is 0. The standard InChI is InChI=1S/C13H14N6/c14-12(15)9-4-2-1-3-8(9)5-11-16-6-10-13(19-11)18-7-17-10/h1-4,6-7,12H,5,14-15H2,(H,16,17,18,19). The van der Waals surface area contributed by atoms with Crippen LogP contribution >= 0.6 is 0 Å². The average molecular weight is 254 g/mol. The molecule has 0 saturated carbocycles. The van der Waals surface area contributed by atoms with Crippen molar-refractivity contribution < 1.29 is 0 Å². The van der Waals surface area contributed by atoms with Crippen molar-refractivity contribution in [2.45, 2.75) is 12.6 Å². The van der Waals surface area contributed by atoms with Crippen LogP contribution in [0.25, 0.3) is 11.2 Å². The van der Waals surface area contributed by atoms with Crippen molar-refractivity contribution in [1.82, 2.24) is 19.9 Å². The van der Waals surface area contributed by atoms with E-state index < -0.39 is 6.17 Å². The Bertz CT molecular complexity index is 703. The predicted octanol–water partition coefficient (Wildman–Crippen LogP) is 0.860. The number of imidazole rings is 1. The number of benzene rings is 1. The van der Waals surface area contributed by atoms with Crippen LogP contribution in [0, 0.1) is 0 Å². The Balaban J connectivity index is 1.96. The van der Waals surface area contributed by atoms with Gasteiger partial charge in [0.25, 0.3) is 0 Å². The quantitative estimate of drug-likeness (QED) is 0.601. The van der Waals surface area contributed by atoms with Crippen LogP contribution in [0.3, 0.4) is 0 Å². The van der Waals surface area contributed by atoms with Gasteiger partial charge in [-0.1, -0.05) is 24.3 Å². The molecule has 0 aliphatic rings. The molecule has 0 atom stereocenters. The Morgan fingerprint density at radius 2 is 2.00 bits per heavy atom. The van der Waals surface area contributed by atoms with Crippen LogP contribution in [0.5, 0.6) is 0 Å². The minimum absolute atomic E-state index is 0.493. The van der Waals surface area contributed by atoms with E-state index in [1.165, 1.54) is 0 Å². The lowest BCUT2D eigenvalue weighted by molar-refractivity contribution is 0.759. The van der Waals surface area contributed by atoms with Crippen LogP contribution in [-0.4, -0.2) is 19.9 Å². The first-order chi connectivity index (χ1) is 9.24. The van der Waals surface area contributed by atoms with Crippen molar-refractivity contribution in [3.05, 3.63) is 53.7 Å². The minimum atomic E-state index is -0.493. The molecule has 3 aromatic rings. The molecule has 6 nitrogen and oxygen atoms in total. The number of aromatic nitrogens is 4. The summed E-state index contributed by atoms with van der Waals surface area (Å²) in [6.45, 7) is 0. The van der Waals surface area contributed by atoms with Gasteiger partial charge in [0.2, 0.25) is 0 Å². The largest absolute Gasteiger partial charge is 0.329 e. The second-order valence-electron chi connectivity index (χ2n) is 4.32. The number of aromatic amines is 1. The third-order valence-corrected chi connectivity index (χ3v) is 2.99. The molecule has 3 rings (SSSR count). The van der Waals surface area contributed by atoms with E-state index in [0.717, 1.165) is 22.3 Å². The third-order valence-electron chi connectivity index (χ3n) is 2.99. The lowest BCUT2D eigenvalue weighted by Gasteiger charge is -2.11. The molecule has 0 radical (unpaired) electrons. The highest BCUT2D eigenvalue weighted by molar-refractivity contribution is 5.68. The number of hydrogen-bond acceptors (Lipinski definition) is 5. The highest BCUT2D eigenvalue weighted by Crippen LogP contribution is 2.16. The van der Waals surface area contributed by atoms with Crippen molar-refractivity contribution in [2.75, 3.05) is 0 Å². The Labute approximate surface area is 109 Å². The van der Waals surface area contributed by atoms with Crippen molar-refractivity contribution in [3.8, 4) is 0 Å². The maximum absolute atomic E-state index is 5.76. The molecular weight excluding hydrogens is 240 g/mol. The first-order valence-corrected chi connectivity index (χ1v) is 5.98. The molecule has 0 aliphatic heterocycles. The summed E-state index contributed by atoms with van der Waals surface area (Å²) >= 11 is 0. The second kappa shape index (κ2) is 4.75. The number of hydrogen-bond donors (Lipinski definition) is 3. The van der Waals surface area contributed by atoms with Gasteiger partial charge in [0.1, 0.15) is 11.3 Å². The molecule has 0 unspecified atom stereocenters. The first-order valence-electron chi connectivity index (χ1n) is 5.98. The smallest absolute Gasteiger partial charge is 0.160 e. The van der Waals surface area contributed by atoms with Gasteiger partial charge in [-0.25, -0.2) is 15.0 Å². The molecule has 0 saturated heterocycles. The van der Waals surface area contributed by atoms with Gasteiger partial charge in [0, 0.05) is 6.42 Å². The van der Waals surface area contributed by atoms with E-state index in [2.05, 4.69) is 19.9 Å². The van der Waals surface area contributed by atoms with Gasteiger partial charge in [0.15, 0.2) is 5.65 Å². The number of H-pyrrole nitrogens is 1. The predicted molar refractivity (Wildman–Crippen MR) is 72.0 cm³/mol. The third kappa shape index (κ3) is 2.31. The number of rotatable bonds is 3. The Kier molecular flexibility index (Phi) is 2.94. The fourth-order valence-electron chi connectivity index (χ4n) is 2.05. The summed E-state index contributed by atoms with van der Waals surface area (Å²) in [4.78, 5) is 15.8. The topological polar surface area (TPSA) is 107 Å². The van der Waals surface area contributed by atoms with E-state index in [-0.39, 0.29) is 0 Å². The van der Waals surface area contributed by atoms with E-state index in [1.54, 1.807) is 12.5 Å². The molecule has 6 heteroatoms. The van der Waals surface area contributed by atoms with E-state index in [9.17, 15) is 0 Å². The van der Waals surface area contributed by atoms with Gasteiger partial charge in [-0.15, -0.1) is 0 Å². The zero-order valence-electron chi connectivity index (χ0n) is 10.2. The lowest BCUT2D eigenvalue weighted by Crippen LogP contribution is -2.21. The van der Waals surface area contributed by atoms with Crippen LogP contribution < -0.4 is 11.5 Å². The minimum Gasteiger partial charge on any atom is -0.329 e. The summed E-state index contributed by atoms with van der Waals surface area (Å²) in [5.41, 5.74) is 15.0. The van der Waals surface area contributed by atoms with E-state index in [1.807, 2.05) is 24.3 Å². The maximum Gasteiger partial charge on any atom is 0.160 e. The van der Waals surface area contributed by atoms with Crippen LogP contribution in [0.4, 0.5) is 0 Å². The van der Waals surface area contributed by atoms with Gasteiger partial charge in [-0.05, 0) is 11.1 Å². The molecule has 0 amide bonds. The summed E-state index contributed by atoms with van der Waals surface area (Å²) in [5, 5.41) is 0. The number of nitrogens with one attached hydrogen (secondary N) is 1. The van der Waals surface area contributed by atoms with E-state index in [0.29, 0.717) is 12.2 Å². The molecule has 0 bridgehead atoms. The van der Waals surface area contributed by atoms with E-state index in [4.69, 9.17) is 11.5 Å². The van der Waals surface area contributed by atoms with Crippen LogP contribution in [0.2, 0.25) is 0 Å². The zero-order valence-corrected chi connectivity index (χ0v) is 10.2. The summed E-state index contributed by atoms with van der Waals surface area (Å²) in [6.07, 6.45) is 3.41. The second-order valence-corrected chi connectivity index (χ2v) is 4.32. The molecule has 96 valence electrons. The fourth-order valence-corrected chi connectivity index (χ4v) is 2.05. The molecular formula is C13H14N6. The van der Waals surface area contributed by atoms with Gasteiger partial charge >= 0.3 is 0 Å². The average Bonchev–Trinajstić information content (AvgIpc) is 2.86. The van der Waals surface area contributed by atoms with Crippen LogP contribution in [0.15, 0.2) is 36.8 Å². The molecule has 0 aliphatic carbocycles. The van der Waals surface area contributed by atoms with Gasteiger partial charge in [-0.2, -0.15) is 0 Å². The molecule has 19 heavy (non-hydrogen) atoms. The van der Waals surface area contributed by atoms with Crippen molar-refractivity contribution in [2.24, 2.45) is 11.5 Å². The summed E-state index contributed by atoms with van der Waals surface area (Å²) in [5.74, 6) is 0.713. The lowest BCUT2D eigenvalue weighted by atomic mass is 10.0. The molecule has 0 spiro atoms. The molecule has 5 N–H and O–H groups in total. The highest BCUT2D eigenvalue weighted by atomic mass is 15.0. The first kappa shape index (κ1) is 11.8. The Hall–Kier alpha value is -2.31. The van der Waals surface area contributed by atoms with Gasteiger partial charge in [0.05, 0.1) is 18.7 Å².